The molecule has 0 amide bonds. The van der Waals surface area contributed by atoms with E-state index >= 15 is 0 Å². The van der Waals surface area contributed by atoms with Gasteiger partial charge < -0.3 is 5.73 Å². The van der Waals surface area contributed by atoms with E-state index in [-0.39, 0.29) is 5.56 Å². The van der Waals surface area contributed by atoms with Crippen LogP contribution in [0.25, 0.3) is 0 Å². The number of alkyl halides is 3. The van der Waals surface area contributed by atoms with Crippen molar-refractivity contribution in [2.24, 2.45) is 5.73 Å². The SMILES string of the molecule is Cc1nnc(Sc2ccc(C(F)(F)F)cc2C(=N)N)s1. The van der Waals surface area contributed by atoms with Gasteiger partial charge in [-0.25, -0.2) is 0 Å². The first-order valence-electron chi connectivity index (χ1n) is 5.31. The predicted octanol–water partition coefficient (Wildman–Crippen LogP) is 3.30. The molecule has 4 nitrogen and oxygen atoms in total. The Morgan fingerprint density at radius 1 is 1.35 bits per heavy atom. The number of hydrogen-bond acceptors (Lipinski definition) is 5. The van der Waals surface area contributed by atoms with Crippen LogP contribution in [0.4, 0.5) is 13.2 Å². The molecule has 1 aromatic heterocycles. The highest BCUT2D eigenvalue weighted by Crippen LogP contribution is 2.36. The van der Waals surface area contributed by atoms with Crippen molar-refractivity contribution < 1.29 is 13.2 Å². The molecule has 2 rings (SSSR count). The van der Waals surface area contributed by atoms with Crippen molar-refractivity contribution in [2.45, 2.75) is 22.3 Å². The molecular weight excluding hydrogens is 309 g/mol. The molecule has 1 heterocycles. The average molecular weight is 318 g/mol. The lowest BCUT2D eigenvalue weighted by molar-refractivity contribution is -0.137. The molecule has 1 aromatic carbocycles. The van der Waals surface area contributed by atoms with Crippen molar-refractivity contribution in [1.29, 1.82) is 5.41 Å². The lowest BCUT2D eigenvalue weighted by atomic mass is 10.1. The number of rotatable bonds is 3. The summed E-state index contributed by atoms with van der Waals surface area (Å²) in [5.41, 5.74) is 4.56. The quantitative estimate of drug-likeness (QED) is 0.672. The number of amidine groups is 1. The van der Waals surface area contributed by atoms with Gasteiger partial charge in [0.1, 0.15) is 10.8 Å². The summed E-state index contributed by atoms with van der Waals surface area (Å²) < 4.78 is 38.6. The van der Waals surface area contributed by atoms with Crippen molar-refractivity contribution in [2.75, 3.05) is 0 Å². The highest BCUT2D eigenvalue weighted by molar-refractivity contribution is 8.01. The molecule has 9 heteroatoms. The van der Waals surface area contributed by atoms with E-state index in [9.17, 15) is 13.2 Å². The van der Waals surface area contributed by atoms with Gasteiger partial charge in [-0.05, 0) is 25.1 Å². The predicted molar refractivity (Wildman–Crippen MR) is 71.2 cm³/mol. The highest BCUT2D eigenvalue weighted by atomic mass is 32.2. The molecule has 0 saturated carbocycles. The van der Waals surface area contributed by atoms with E-state index in [0.29, 0.717) is 9.24 Å². The summed E-state index contributed by atoms with van der Waals surface area (Å²) in [6.07, 6.45) is -4.47. The second-order valence-electron chi connectivity index (χ2n) is 3.81. The molecule has 3 N–H and O–H groups in total. The fourth-order valence-corrected chi connectivity index (χ4v) is 3.32. The fraction of sp³-hybridized carbons (Fsp3) is 0.182. The molecule has 0 fully saturated rings. The van der Waals surface area contributed by atoms with Gasteiger partial charge in [0.15, 0.2) is 4.34 Å². The Morgan fingerprint density at radius 2 is 2.05 bits per heavy atom. The van der Waals surface area contributed by atoms with E-state index in [1.165, 1.54) is 17.4 Å². The molecule has 106 valence electrons. The lowest BCUT2D eigenvalue weighted by Gasteiger charge is -2.11. The smallest absolute Gasteiger partial charge is 0.384 e. The number of nitrogens with two attached hydrogens (primary N) is 1. The van der Waals surface area contributed by atoms with E-state index in [2.05, 4.69) is 10.2 Å². The summed E-state index contributed by atoms with van der Waals surface area (Å²) in [5.74, 6) is -0.417. The Bertz CT molecular complexity index is 651. The van der Waals surface area contributed by atoms with E-state index in [0.717, 1.165) is 28.9 Å². The summed E-state index contributed by atoms with van der Waals surface area (Å²) >= 11 is 2.46. The third kappa shape index (κ3) is 3.28. The molecule has 20 heavy (non-hydrogen) atoms. The number of benzene rings is 1. The molecule has 0 unspecified atom stereocenters. The van der Waals surface area contributed by atoms with Gasteiger partial charge in [0.25, 0.3) is 0 Å². The van der Waals surface area contributed by atoms with Crippen LogP contribution in [0.1, 0.15) is 16.1 Å². The summed E-state index contributed by atoms with van der Waals surface area (Å²) in [7, 11) is 0. The lowest BCUT2D eigenvalue weighted by Crippen LogP contribution is -2.14. The molecule has 0 aliphatic rings. The summed E-state index contributed by atoms with van der Waals surface area (Å²) in [4.78, 5) is 0.446. The minimum absolute atomic E-state index is 0.0395. The molecule has 0 spiro atoms. The van der Waals surface area contributed by atoms with Crippen molar-refractivity contribution in [3.8, 4) is 0 Å². The van der Waals surface area contributed by atoms with Crippen LogP contribution in [0.15, 0.2) is 27.4 Å². The molecular formula is C11H9F3N4S2. The molecule has 0 radical (unpaired) electrons. The van der Waals surface area contributed by atoms with E-state index in [4.69, 9.17) is 11.1 Å². The monoisotopic (exact) mass is 318 g/mol. The molecule has 0 bridgehead atoms. The second kappa shape index (κ2) is 5.41. The maximum atomic E-state index is 12.7. The zero-order valence-corrected chi connectivity index (χ0v) is 11.8. The Labute approximate surface area is 120 Å². The molecule has 0 saturated heterocycles. The summed E-state index contributed by atoms with van der Waals surface area (Å²) in [6, 6.07) is 3.13. The normalized spacial score (nSPS) is 11.6. The number of halogens is 3. The van der Waals surface area contributed by atoms with Crippen LogP contribution in [0.3, 0.4) is 0 Å². The average Bonchev–Trinajstić information content (AvgIpc) is 2.73. The van der Waals surface area contributed by atoms with Gasteiger partial charge in [-0.1, -0.05) is 23.1 Å². The Hall–Kier alpha value is -1.61. The van der Waals surface area contributed by atoms with Crippen LogP contribution in [0.2, 0.25) is 0 Å². The number of aromatic nitrogens is 2. The van der Waals surface area contributed by atoms with Crippen LogP contribution >= 0.6 is 23.1 Å². The topological polar surface area (TPSA) is 75.7 Å². The first-order valence-corrected chi connectivity index (χ1v) is 6.94. The van der Waals surface area contributed by atoms with Crippen molar-refractivity contribution >= 4 is 28.9 Å². The third-order valence-corrected chi connectivity index (χ3v) is 4.27. The Morgan fingerprint density at radius 3 is 2.55 bits per heavy atom. The maximum absolute atomic E-state index is 12.7. The second-order valence-corrected chi connectivity index (χ2v) is 6.28. The fourth-order valence-electron chi connectivity index (χ4n) is 1.42. The standard InChI is InChI=1S/C11H9F3N4S2/c1-5-17-18-10(19-5)20-8-3-2-6(11(12,13)14)4-7(8)9(15)16/h2-4H,1H3,(H3,15,16). The molecule has 0 atom stereocenters. The minimum atomic E-state index is -4.47. The Balaban J connectivity index is 2.40. The summed E-state index contributed by atoms with van der Waals surface area (Å²) in [5, 5.41) is 15.9. The van der Waals surface area contributed by atoms with Crippen molar-refractivity contribution in [3.63, 3.8) is 0 Å². The van der Waals surface area contributed by atoms with Gasteiger partial charge in [-0.2, -0.15) is 13.2 Å². The van der Waals surface area contributed by atoms with E-state index < -0.39 is 17.6 Å². The van der Waals surface area contributed by atoms with Crippen LogP contribution in [0.5, 0.6) is 0 Å². The molecule has 0 aliphatic heterocycles. The van der Waals surface area contributed by atoms with Crippen LogP contribution in [-0.2, 0) is 6.18 Å². The number of nitrogens with one attached hydrogen (secondary N) is 1. The van der Waals surface area contributed by atoms with Crippen LogP contribution in [-0.4, -0.2) is 16.0 Å². The molecule has 0 aliphatic carbocycles. The van der Waals surface area contributed by atoms with Gasteiger partial charge in [-0.15, -0.1) is 10.2 Å². The maximum Gasteiger partial charge on any atom is 0.416 e. The number of aryl methyl sites for hydroxylation is 1. The third-order valence-electron chi connectivity index (χ3n) is 2.30. The molecule has 2 aromatic rings. The highest BCUT2D eigenvalue weighted by Gasteiger charge is 2.31. The van der Waals surface area contributed by atoms with Crippen molar-refractivity contribution in [1.82, 2.24) is 10.2 Å². The Kier molecular flexibility index (Phi) is 4.00. The van der Waals surface area contributed by atoms with Gasteiger partial charge in [0.05, 0.1) is 5.56 Å². The number of nitrogens with zero attached hydrogens (tertiary/aromatic N) is 2. The first kappa shape index (κ1) is 14.8. The van der Waals surface area contributed by atoms with Gasteiger partial charge in [0.2, 0.25) is 0 Å². The number of nitrogen functional groups attached to an aromatic ring is 1. The van der Waals surface area contributed by atoms with Gasteiger partial charge in [0, 0.05) is 10.5 Å². The van der Waals surface area contributed by atoms with Crippen molar-refractivity contribution in [3.05, 3.63) is 34.3 Å². The zero-order chi connectivity index (χ0) is 14.9. The van der Waals surface area contributed by atoms with Crippen LogP contribution in [0, 0.1) is 12.3 Å². The summed E-state index contributed by atoms with van der Waals surface area (Å²) in [6.45, 7) is 1.78. The van der Waals surface area contributed by atoms with Gasteiger partial charge in [-0.3, -0.25) is 5.41 Å². The zero-order valence-electron chi connectivity index (χ0n) is 10.2. The van der Waals surface area contributed by atoms with Crippen LogP contribution < -0.4 is 5.73 Å². The number of hydrogen-bond donors (Lipinski definition) is 2. The van der Waals surface area contributed by atoms with E-state index in [1.54, 1.807) is 6.92 Å². The first-order chi connectivity index (χ1) is 9.27. The largest absolute Gasteiger partial charge is 0.416 e. The van der Waals surface area contributed by atoms with Gasteiger partial charge >= 0.3 is 6.18 Å². The minimum Gasteiger partial charge on any atom is -0.384 e. The van der Waals surface area contributed by atoms with E-state index in [1.807, 2.05) is 0 Å².